The third-order valence-electron chi connectivity index (χ3n) is 3.13. The molecule has 3 heteroatoms. The van der Waals surface area contributed by atoms with E-state index in [-0.39, 0.29) is 12.4 Å². The van der Waals surface area contributed by atoms with Crippen molar-refractivity contribution in [2.45, 2.75) is 25.9 Å². The summed E-state index contributed by atoms with van der Waals surface area (Å²) in [6, 6.07) is 18.5. The summed E-state index contributed by atoms with van der Waals surface area (Å²) in [6.45, 7) is 3.04. The van der Waals surface area contributed by atoms with Crippen molar-refractivity contribution in [3.05, 3.63) is 65.7 Å². The van der Waals surface area contributed by atoms with Gasteiger partial charge in [-0.2, -0.15) is 0 Å². The molecule has 0 fully saturated rings. The minimum atomic E-state index is 0. The van der Waals surface area contributed by atoms with Gasteiger partial charge in [0.05, 0.1) is 6.04 Å². The van der Waals surface area contributed by atoms with Crippen LogP contribution in [-0.4, -0.2) is 11.1 Å². The fourth-order valence-electron chi connectivity index (χ4n) is 2.08. The predicted octanol–water partition coefficient (Wildman–Crippen LogP) is -0.909. The number of rotatable bonds is 5. The second-order valence-electron chi connectivity index (χ2n) is 4.74. The first-order chi connectivity index (χ1) is 8.75. The van der Waals surface area contributed by atoms with E-state index in [0.29, 0.717) is 11.8 Å². The highest BCUT2D eigenvalue weighted by molar-refractivity contribution is 5.30. The molecule has 2 aromatic carbocycles. The smallest absolute Gasteiger partial charge is 0.124 e. The van der Waals surface area contributed by atoms with Gasteiger partial charge in [-0.05, 0) is 24.6 Å². The molecular formula is C16H20ClNO. The number of phenols is 1. The normalized spacial score (nSPS) is 11.6. The number of aromatic hydroxyl groups is 1. The molecule has 102 valence electrons. The van der Waals surface area contributed by atoms with Crippen LogP contribution in [0.2, 0.25) is 0 Å². The van der Waals surface area contributed by atoms with Crippen LogP contribution in [0.5, 0.6) is 5.75 Å². The van der Waals surface area contributed by atoms with Gasteiger partial charge in [0.2, 0.25) is 0 Å². The van der Waals surface area contributed by atoms with Crippen molar-refractivity contribution in [2.24, 2.45) is 0 Å². The van der Waals surface area contributed by atoms with E-state index in [9.17, 15) is 5.11 Å². The molecule has 0 spiro atoms. The standard InChI is InChI=1S/C16H19NO.ClH/c1-13(11-14-7-3-2-4-8-14)17-12-15-9-5-6-10-16(15)18;/h2-10,13,17-18H,11-12H2,1H3;1H. The second-order valence-corrected chi connectivity index (χ2v) is 4.74. The molecule has 19 heavy (non-hydrogen) atoms. The van der Waals surface area contributed by atoms with Gasteiger partial charge in [0.1, 0.15) is 12.3 Å². The molecule has 0 aliphatic carbocycles. The number of halogens is 1. The van der Waals surface area contributed by atoms with Gasteiger partial charge in [-0.3, -0.25) is 0 Å². The summed E-state index contributed by atoms with van der Waals surface area (Å²) in [5, 5.41) is 12.0. The van der Waals surface area contributed by atoms with Crippen LogP contribution in [0.1, 0.15) is 18.1 Å². The zero-order valence-electron chi connectivity index (χ0n) is 11.1. The van der Waals surface area contributed by atoms with Crippen molar-refractivity contribution < 1.29 is 22.8 Å². The first-order valence-electron chi connectivity index (χ1n) is 6.40. The molecule has 0 saturated carbocycles. The molecule has 1 atom stereocenters. The Morgan fingerprint density at radius 2 is 1.63 bits per heavy atom. The monoisotopic (exact) mass is 277 g/mol. The molecule has 0 amide bonds. The maximum Gasteiger partial charge on any atom is 0.124 e. The summed E-state index contributed by atoms with van der Waals surface area (Å²) in [4.78, 5) is 0. The van der Waals surface area contributed by atoms with Crippen LogP contribution < -0.4 is 17.7 Å². The number of benzene rings is 2. The minimum Gasteiger partial charge on any atom is -1.00 e. The van der Waals surface area contributed by atoms with Crippen LogP contribution >= 0.6 is 0 Å². The van der Waals surface area contributed by atoms with E-state index in [2.05, 4.69) is 36.5 Å². The zero-order chi connectivity index (χ0) is 12.8. The van der Waals surface area contributed by atoms with E-state index in [1.165, 1.54) is 5.56 Å². The molecule has 0 radical (unpaired) electrons. The molecule has 2 rings (SSSR count). The van der Waals surface area contributed by atoms with Gasteiger partial charge >= 0.3 is 0 Å². The lowest BCUT2D eigenvalue weighted by molar-refractivity contribution is -0.701. The largest absolute Gasteiger partial charge is 1.00 e. The van der Waals surface area contributed by atoms with Gasteiger partial charge in [0.15, 0.2) is 0 Å². The quantitative estimate of drug-likeness (QED) is 0.730. The summed E-state index contributed by atoms with van der Waals surface area (Å²) in [7, 11) is 0. The summed E-state index contributed by atoms with van der Waals surface area (Å²) in [6.07, 6.45) is 1.05. The van der Waals surface area contributed by atoms with Gasteiger partial charge in [0, 0.05) is 12.0 Å². The molecule has 0 aliphatic heterocycles. The van der Waals surface area contributed by atoms with Gasteiger partial charge in [-0.25, -0.2) is 0 Å². The number of nitrogens with two attached hydrogens (primary N) is 1. The maximum absolute atomic E-state index is 9.69. The van der Waals surface area contributed by atoms with Crippen LogP contribution in [0.3, 0.4) is 0 Å². The molecule has 0 bridgehead atoms. The van der Waals surface area contributed by atoms with E-state index in [1.54, 1.807) is 6.07 Å². The number of hydrogen-bond acceptors (Lipinski definition) is 1. The fourth-order valence-corrected chi connectivity index (χ4v) is 2.08. The molecule has 0 aromatic heterocycles. The van der Waals surface area contributed by atoms with E-state index >= 15 is 0 Å². The van der Waals surface area contributed by atoms with E-state index in [1.807, 2.05) is 24.3 Å². The lowest BCUT2D eigenvalue weighted by Gasteiger charge is -2.11. The van der Waals surface area contributed by atoms with Crippen molar-refractivity contribution in [3.63, 3.8) is 0 Å². The van der Waals surface area contributed by atoms with Gasteiger partial charge < -0.3 is 22.8 Å². The minimum absolute atomic E-state index is 0. The van der Waals surface area contributed by atoms with Crippen molar-refractivity contribution in [2.75, 3.05) is 0 Å². The van der Waals surface area contributed by atoms with Crippen LogP contribution in [-0.2, 0) is 13.0 Å². The first-order valence-corrected chi connectivity index (χ1v) is 6.40. The Balaban J connectivity index is 0.00000180. The first kappa shape index (κ1) is 15.5. The predicted molar refractivity (Wildman–Crippen MR) is 73.3 cm³/mol. The molecule has 1 unspecified atom stereocenters. The van der Waals surface area contributed by atoms with Gasteiger partial charge in [0.25, 0.3) is 0 Å². The highest BCUT2D eigenvalue weighted by Gasteiger charge is 2.08. The topological polar surface area (TPSA) is 36.8 Å². The van der Waals surface area contributed by atoms with Crippen molar-refractivity contribution in [3.8, 4) is 5.75 Å². The fraction of sp³-hybridized carbons (Fsp3) is 0.250. The number of hydrogen-bond donors (Lipinski definition) is 2. The Hall–Kier alpha value is -1.51. The van der Waals surface area contributed by atoms with Crippen LogP contribution in [0.15, 0.2) is 54.6 Å². The number of phenolic OH excluding ortho intramolecular Hbond substituents is 1. The Kier molecular flexibility index (Phi) is 6.40. The maximum atomic E-state index is 9.69. The zero-order valence-corrected chi connectivity index (χ0v) is 11.8. The van der Waals surface area contributed by atoms with E-state index in [4.69, 9.17) is 0 Å². The lowest BCUT2D eigenvalue weighted by Crippen LogP contribution is -3.00. The van der Waals surface area contributed by atoms with Crippen molar-refractivity contribution in [1.29, 1.82) is 0 Å². The van der Waals surface area contributed by atoms with Crippen LogP contribution in [0.4, 0.5) is 0 Å². The Labute approximate surface area is 120 Å². The van der Waals surface area contributed by atoms with E-state index < -0.39 is 0 Å². The second kappa shape index (κ2) is 7.82. The summed E-state index contributed by atoms with van der Waals surface area (Å²) >= 11 is 0. The van der Waals surface area contributed by atoms with Gasteiger partial charge in [-0.1, -0.05) is 42.5 Å². The average molecular weight is 278 g/mol. The lowest BCUT2D eigenvalue weighted by atomic mass is 10.1. The summed E-state index contributed by atoms with van der Waals surface area (Å²) in [5.41, 5.74) is 2.36. The van der Waals surface area contributed by atoms with Crippen LogP contribution in [0, 0.1) is 0 Å². The average Bonchev–Trinajstić information content (AvgIpc) is 2.39. The molecular weight excluding hydrogens is 258 g/mol. The van der Waals surface area contributed by atoms with Crippen molar-refractivity contribution >= 4 is 0 Å². The molecule has 0 aliphatic rings. The van der Waals surface area contributed by atoms with Crippen LogP contribution in [0.25, 0.3) is 0 Å². The third-order valence-corrected chi connectivity index (χ3v) is 3.13. The third kappa shape index (κ3) is 4.93. The SMILES string of the molecule is CC(Cc1ccccc1)[NH2+]Cc1ccccc1O.[Cl-]. The molecule has 2 aromatic rings. The highest BCUT2D eigenvalue weighted by Crippen LogP contribution is 2.13. The summed E-state index contributed by atoms with van der Waals surface area (Å²) < 4.78 is 0. The molecule has 0 saturated heterocycles. The van der Waals surface area contributed by atoms with Crippen molar-refractivity contribution in [1.82, 2.24) is 0 Å². The number of quaternary nitrogens is 1. The van der Waals surface area contributed by atoms with Gasteiger partial charge in [-0.15, -0.1) is 0 Å². The summed E-state index contributed by atoms with van der Waals surface area (Å²) in [5.74, 6) is 0.390. The molecule has 3 N–H and O–H groups in total. The Morgan fingerprint density at radius 3 is 2.32 bits per heavy atom. The Bertz CT molecular complexity index is 487. The highest BCUT2D eigenvalue weighted by atomic mass is 35.5. The number of para-hydroxylation sites is 1. The molecule has 0 heterocycles. The van der Waals surface area contributed by atoms with E-state index in [0.717, 1.165) is 18.5 Å². The Morgan fingerprint density at radius 1 is 1.00 bits per heavy atom. The molecule has 2 nitrogen and oxygen atoms in total.